The minimum Gasteiger partial charge on any atom is -0.507 e. The third kappa shape index (κ3) is 2.04. The summed E-state index contributed by atoms with van der Waals surface area (Å²) in [7, 11) is 0. The fraction of sp³-hybridized carbons (Fsp3) is 0.143. The Morgan fingerprint density at radius 2 is 1.95 bits per heavy atom. The Kier molecular flexibility index (Phi) is 2.89. The maximum atomic E-state index is 10.0. The van der Waals surface area contributed by atoms with Gasteiger partial charge in [-0.25, -0.2) is 0 Å². The van der Waals surface area contributed by atoms with E-state index in [0.29, 0.717) is 12.0 Å². The number of hydrogen-bond donors (Lipinski definition) is 3. The second-order valence-corrected chi connectivity index (χ2v) is 4.32. The first kappa shape index (κ1) is 11.7. The van der Waals surface area contributed by atoms with Crippen LogP contribution >= 0.6 is 0 Å². The monoisotopic (exact) mass is 255 g/mol. The summed E-state index contributed by atoms with van der Waals surface area (Å²) in [5.74, 6) is 0.192. The average Bonchev–Trinajstić information content (AvgIpc) is 2.89. The third-order valence-corrected chi connectivity index (χ3v) is 3.10. The van der Waals surface area contributed by atoms with Crippen LogP contribution in [-0.4, -0.2) is 32.2 Å². The van der Waals surface area contributed by atoms with Gasteiger partial charge in [-0.05, 0) is 30.2 Å². The summed E-state index contributed by atoms with van der Waals surface area (Å²) in [6, 6.07) is 10.9. The van der Waals surface area contributed by atoms with Gasteiger partial charge in [0.1, 0.15) is 16.8 Å². The quantitative estimate of drug-likeness (QED) is 0.667. The number of aromatic hydroxyl groups is 1. The molecule has 19 heavy (non-hydrogen) atoms. The van der Waals surface area contributed by atoms with E-state index < -0.39 is 0 Å². The molecule has 3 aromatic rings. The number of para-hydroxylation sites is 1. The van der Waals surface area contributed by atoms with Crippen molar-refractivity contribution in [1.29, 1.82) is 0 Å². The lowest BCUT2D eigenvalue weighted by molar-refractivity contribution is 0.299. The Balaban J connectivity index is 2.20. The van der Waals surface area contributed by atoms with Gasteiger partial charge in [-0.2, -0.15) is 15.4 Å². The number of rotatable bonds is 3. The highest BCUT2D eigenvalue weighted by atomic mass is 16.3. The molecule has 1 aromatic heterocycles. The molecule has 2 aromatic carbocycles. The van der Waals surface area contributed by atoms with Gasteiger partial charge in [0.25, 0.3) is 0 Å². The summed E-state index contributed by atoms with van der Waals surface area (Å²) in [5.41, 5.74) is 3.97. The summed E-state index contributed by atoms with van der Waals surface area (Å²) in [5, 5.41) is 29.8. The minimum atomic E-state index is 0.0817. The topological polar surface area (TPSA) is 82.0 Å². The molecule has 0 fully saturated rings. The van der Waals surface area contributed by atoms with Gasteiger partial charge in [0.2, 0.25) is 0 Å². The molecule has 0 saturated carbocycles. The third-order valence-electron chi connectivity index (χ3n) is 3.10. The first-order valence-electron chi connectivity index (χ1n) is 6.02. The molecule has 0 aliphatic carbocycles. The van der Waals surface area contributed by atoms with Gasteiger partial charge >= 0.3 is 0 Å². The molecule has 96 valence electrons. The number of H-pyrrole nitrogens is 1. The Morgan fingerprint density at radius 1 is 1.05 bits per heavy atom. The van der Waals surface area contributed by atoms with Crippen molar-refractivity contribution in [2.24, 2.45) is 0 Å². The Labute approximate surface area is 109 Å². The van der Waals surface area contributed by atoms with Crippen LogP contribution in [-0.2, 0) is 6.42 Å². The summed E-state index contributed by atoms with van der Waals surface area (Å²) < 4.78 is 0. The predicted octanol–water partition coefficient (Wildman–Crippen LogP) is 1.87. The fourth-order valence-electron chi connectivity index (χ4n) is 2.17. The molecule has 0 radical (unpaired) electrons. The van der Waals surface area contributed by atoms with Crippen LogP contribution < -0.4 is 0 Å². The Hall–Kier alpha value is -2.40. The number of nitrogens with one attached hydrogen (secondary N) is 1. The van der Waals surface area contributed by atoms with Crippen LogP contribution in [0.3, 0.4) is 0 Å². The zero-order valence-electron chi connectivity index (χ0n) is 10.2. The van der Waals surface area contributed by atoms with Gasteiger partial charge in [-0.15, -0.1) is 0 Å². The molecule has 0 amide bonds. The van der Waals surface area contributed by atoms with Crippen LogP contribution in [0.5, 0.6) is 5.75 Å². The van der Waals surface area contributed by atoms with Gasteiger partial charge in [-0.1, -0.05) is 18.2 Å². The average molecular weight is 255 g/mol. The number of fused-ring (bicyclic) bond motifs is 1. The first-order valence-corrected chi connectivity index (χ1v) is 6.02. The zero-order chi connectivity index (χ0) is 13.2. The van der Waals surface area contributed by atoms with Crippen LogP contribution in [0.25, 0.3) is 22.2 Å². The van der Waals surface area contributed by atoms with E-state index in [0.717, 1.165) is 22.2 Å². The normalized spacial score (nSPS) is 11.0. The lowest BCUT2D eigenvalue weighted by atomic mass is 9.99. The van der Waals surface area contributed by atoms with E-state index in [1.54, 1.807) is 12.1 Å². The lowest BCUT2D eigenvalue weighted by Crippen LogP contribution is -1.91. The van der Waals surface area contributed by atoms with Crippen LogP contribution in [0.2, 0.25) is 0 Å². The molecule has 5 heteroatoms. The van der Waals surface area contributed by atoms with Gasteiger partial charge in [0.05, 0.1) is 0 Å². The second-order valence-electron chi connectivity index (χ2n) is 4.32. The van der Waals surface area contributed by atoms with Crippen molar-refractivity contribution in [3.05, 3.63) is 42.0 Å². The van der Waals surface area contributed by atoms with Crippen molar-refractivity contribution in [3.8, 4) is 16.9 Å². The maximum Gasteiger partial charge on any atom is 0.123 e. The summed E-state index contributed by atoms with van der Waals surface area (Å²) in [4.78, 5) is 0. The Bertz CT molecular complexity index is 722. The van der Waals surface area contributed by atoms with Crippen LogP contribution in [0.4, 0.5) is 0 Å². The molecule has 0 aliphatic rings. The first-order chi connectivity index (χ1) is 9.29. The van der Waals surface area contributed by atoms with Gasteiger partial charge < -0.3 is 10.2 Å². The van der Waals surface area contributed by atoms with E-state index in [-0.39, 0.29) is 12.4 Å². The highest BCUT2D eigenvalue weighted by Crippen LogP contribution is 2.33. The Morgan fingerprint density at radius 3 is 2.79 bits per heavy atom. The number of aromatic nitrogens is 3. The predicted molar refractivity (Wildman–Crippen MR) is 71.8 cm³/mol. The van der Waals surface area contributed by atoms with Crippen molar-refractivity contribution < 1.29 is 10.2 Å². The smallest absolute Gasteiger partial charge is 0.123 e. The second kappa shape index (κ2) is 4.70. The standard InChI is InChI=1S/C14H13N3O2/c18-7-6-9-4-5-13(19)11(8-9)10-2-1-3-12-14(10)16-17-15-12/h1-5,8,18-19H,6-7H2,(H,15,16,17). The molecule has 1 heterocycles. The molecule has 0 saturated heterocycles. The SMILES string of the molecule is OCCc1ccc(O)c(-c2cccc3n[nH]nc23)c1. The van der Waals surface area contributed by atoms with Crippen LogP contribution in [0.15, 0.2) is 36.4 Å². The molecule has 3 rings (SSSR count). The number of phenols is 1. The molecule has 0 spiro atoms. The van der Waals surface area contributed by atoms with Crippen LogP contribution in [0.1, 0.15) is 5.56 Å². The van der Waals surface area contributed by atoms with E-state index in [9.17, 15) is 5.11 Å². The van der Waals surface area contributed by atoms with Gasteiger partial charge in [0.15, 0.2) is 0 Å². The van der Waals surface area contributed by atoms with Gasteiger partial charge in [-0.3, -0.25) is 0 Å². The number of aliphatic hydroxyl groups is 1. The molecule has 0 bridgehead atoms. The molecule has 5 nitrogen and oxygen atoms in total. The number of aromatic amines is 1. The van der Waals surface area contributed by atoms with Crippen molar-refractivity contribution in [3.63, 3.8) is 0 Å². The lowest BCUT2D eigenvalue weighted by Gasteiger charge is -2.07. The van der Waals surface area contributed by atoms with Gasteiger partial charge in [0, 0.05) is 17.7 Å². The fourth-order valence-corrected chi connectivity index (χ4v) is 2.17. The van der Waals surface area contributed by atoms with E-state index in [1.165, 1.54) is 0 Å². The number of phenolic OH excluding ortho intramolecular Hbond substituents is 1. The number of hydrogen-bond acceptors (Lipinski definition) is 4. The number of benzene rings is 2. The summed E-state index contributed by atoms with van der Waals surface area (Å²) >= 11 is 0. The number of nitrogens with zero attached hydrogens (tertiary/aromatic N) is 2. The van der Waals surface area contributed by atoms with E-state index in [1.807, 2.05) is 24.3 Å². The molecule has 0 unspecified atom stereocenters. The summed E-state index contributed by atoms with van der Waals surface area (Å²) in [6.45, 7) is 0.0817. The highest BCUT2D eigenvalue weighted by molar-refractivity contribution is 5.93. The van der Waals surface area contributed by atoms with Crippen molar-refractivity contribution in [2.45, 2.75) is 6.42 Å². The largest absolute Gasteiger partial charge is 0.507 e. The molecule has 0 atom stereocenters. The molecular weight excluding hydrogens is 242 g/mol. The minimum absolute atomic E-state index is 0.0817. The van der Waals surface area contributed by atoms with Crippen molar-refractivity contribution in [1.82, 2.24) is 15.4 Å². The zero-order valence-corrected chi connectivity index (χ0v) is 10.2. The van der Waals surface area contributed by atoms with E-state index >= 15 is 0 Å². The highest BCUT2D eigenvalue weighted by Gasteiger charge is 2.11. The molecule has 0 aliphatic heterocycles. The molecular formula is C14H13N3O2. The van der Waals surface area contributed by atoms with Crippen LogP contribution in [0, 0.1) is 0 Å². The van der Waals surface area contributed by atoms with Crippen molar-refractivity contribution in [2.75, 3.05) is 6.61 Å². The van der Waals surface area contributed by atoms with E-state index in [4.69, 9.17) is 5.11 Å². The number of aliphatic hydroxyl groups excluding tert-OH is 1. The maximum absolute atomic E-state index is 10.0. The van der Waals surface area contributed by atoms with Crippen molar-refractivity contribution >= 4 is 11.0 Å². The summed E-state index contributed by atoms with van der Waals surface area (Å²) in [6.07, 6.45) is 0.558. The van der Waals surface area contributed by atoms with E-state index in [2.05, 4.69) is 15.4 Å². The molecule has 3 N–H and O–H groups in total.